The number of piperidine rings is 1. The molecule has 3 aromatic rings. The van der Waals surface area contributed by atoms with Crippen molar-refractivity contribution in [3.63, 3.8) is 0 Å². The maximum absolute atomic E-state index is 12.9. The molecule has 5 heterocycles. The highest BCUT2D eigenvalue weighted by Gasteiger charge is 2.23. The van der Waals surface area contributed by atoms with E-state index in [1.165, 1.54) is 10.9 Å². The summed E-state index contributed by atoms with van der Waals surface area (Å²) in [5.74, 6) is 0.660. The molecule has 2 saturated heterocycles. The minimum Gasteiger partial charge on any atom is -0.397 e. The Hall–Kier alpha value is -3.59. The summed E-state index contributed by atoms with van der Waals surface area (Å²) in [5.41, 5.74) is 7.92. The maximum atomic E-state index is 12.9. The highest BCUT2D eigenvalue weighted by atomic mass is 32.1. The zero-order chi connectivity index (χ0) is 25.6. The molecule has 3 aromatic heterocycles. The van der Waals surface area contributed by atoms with Crippen molar-refractivity contribution in [2.75, 3.05) is 56.4 Å². The SMILES string of the molecule is N#Cc1c(N)cc(C(=O)NCC2CCN(Cc3cnc(-c4ccccn4)s3)CC2)nc1N1CCNCC1. The molecule has 0 bridgehead atoms. The quantitative estimate of drug-likeness (QED) is 0.430. The van der Waals surface area contributed by atoms with Gasteiger partial charge in [-0.3, -0.25) is 14.7 Å². The van der Waals surface area contributed by atoms with Crippen LogP contribution in [0.1, 0.15) is 33.8 Å². The molecule has 2 aliphatic heterocycles. The van der Waals surface area contributed by atoms with Gasteiger partial charge in [0.15, 0.2) is 0 Å². The first-order valence-electron chi connectivity index (χ1n) is 12.6. The fraction of sp³-hybridized carbons (Fsp3) is 0.423. The third-order valence-electron chi connectivity index (χ3n) is 6.87. The molecule has 2 fully saturated rings. The molecule has 10 nitrogen and oxygen atoms in total. The summed E-state index contributed by atoms with van der Waals surface area (Å²) in [4.78, 5) is 32.1. The molecule has 1 amide bonds. The van der Waals surface area contributed by atoms with Gasteiger partial charge in [0.1, 0.15) is 28.2 Å². The number of rotatable bonds is 7. The van der Waals surface area contributed by atoms with Crippen molar-refractivity contribution in [1.82, 2.24) is 30.5 Å². The van der Waals surface area contributed by atoms with Crippen molar-refractivity contribution in [3.05, 3.63) is 52.8 Å². The molecular weight excluding hydrogens is 486 g/mol. The predicted molar refractivity (Wildman–Crippen MR) is 144 cm³/mol. The van der Waals surface area contributed by atoms with Gasteiger partial charge in [0.2, 0.25) is 0 Å². The number of amides is 1. The second-order valence-electron chi connectivity index (χ2n) is 9.42. The normalized spacial score (nSPS) is 16.9. The highest BCUT2D eigenvalue weighted by Crippen LogP contribution is 2.27. The molecule has 0 atom stereocenters. The van der Waals surface area contributed by atoms with Crippen LogP contribution >= 0.6 is 11.3 Å². The molecule has 2 aliphatic rings. The number of pyridine rings is 2. The molecule has 4 N–H and O–H groups in total. The summed E-state index contributed by atoms with van der Waals surface area (Å²) in [7, 11) is 0. The number of carbonyl (C=O) groups excluding carboxylic acids is 1. The van der Waals surface area contributed by atoms with E-state index in [0.29, 0.717) is 29.5 Å². The average molecular weight is 518 g/mol. The Morgan fingerprint density at radius 2 is 2.03 bits per heavy atom. The second-order valence-corrected chi connectivity index (χ2v) is 10.5. The molecular formula is C26H31N9OS. The van der Waals surface area contributed by atoms with Crippen LogP contribution in [0.5, 0.6) is 0 Å². The minimum atomic E-state index is -0.248. The van der Waals surface area contributed by atoms with Crippen molar-refractivity contribution < 1.29 is 4.79 Å². The van der Waals surface area contributed by atoms with Gasteiger partial charge in [-0.15, -0.1) is 11.3 Å². The molecule has 0 saturated carbocycles. The number of nitrogens with two attached hydrogens (primary N) is 1. The van der Waals surface area contributed by atoms with E-state index in [9.17, 15) is 10.1 Å². The van der Waals surface area contributed by atoms with Gasteiger partial charge in [0, 0.05) is 56.5 Å². The number of nitrogens with zero attached hydrogens (tertiary/aromatic N) is 6. The van der Waals surface area contributed by atoms with Gasteiger partial charge in [-0.1, -0.05) is 6.07 Å². The number of hydrogen-bond donors (Lipinski definition) is 3. The Balaban J connectivity index is 1.12. The summed E-state index contributed by atoms with van der Waals surface area (Å²) in [6, 6.07) is 9.53. The Kier molecular flexibility index (Phi) is 7.89. The van der Waals surface area contributed by atoms with Crippen LogP contribution < -0.4 is 21.3 Å². The van der Waals surface area contributed by atoms with Crippen LogP contribution in [-0.2, 0) is 6.54 Å². The molecule has 37 heavy (non-hydrogen) atoms. The van der Waals surface area contributed by atoms with Crippen LogP contribution in [0.2, 0.25) is 0 Å². The molecule has 0 unspecified atom stereocenters. The van der Waals surface area contributed by atoms with Crippen LogP contribution in [-0.4, -0.2) is 71.6 Å². The van der Waals surface area contributed by atoms with Gasteiger partial charge in [-0.05, 0) is 50.0 Å². The fourth-order valence-corrected chi connectivity index (χ4v) is 5.70. The van der Waals surface area contributed by atoms with Gasteiger partial charge in [0.25, 0.3) is 5.91 Å². The number of aromatic nitrogens is 3. The van der Waals surface area contributed by atoms with E-state index in [-0.39, 0.29) is 11.6 Å². The Bertz CT molecular complexity index is 1260. The van der Waals surface area contributed by atoms with Crippen LogP contribution in [0.15, 0.2) is 36.7 Å². The molecule has 0 aliphatic carbocycles. The molecule has 192 valence electrons. The van der Waals surface area contributed by atoms with Crippen molar-refractivity contribution in [2.45, 2.75) is 19.4 Å². The van der Waals surface area contributed by atoms with E-state index in [4.69, 9.17) is 5.73 Å². The molecule has 0 radical (unpaired) electrons. The number of piperazine rings is 1. The van der Waals surface area contributed by atoms with E-state index in [1.54, 1.807) is 17.5 Å². The Morgan fingerprint density at radius 3 is 2.76 bits per heavy atom. The number of anilines is 2. The summed E-state index contributed by atoms with van der Waals surface area (Å²) in [6.07, 6.45) is 5.77. The van der Waals surface area contributed by atoms with E-state index < -0.39 is 0 Å². The largest absolute Gasteiger partial charge is 0.397 e. The Labute approximate surface area is 220 Å². The molecule has 5 rings (SSSR count). The van der Waals surface area contributed by atoms with E-state index in [1.807, 2.05) is 29.3 Å². The van der Waals surface area contributed by atoms with E-state index in [0.717, 1.165) is 69.4 Å². The summed E-state index contributed by atoms with van der Waals surface area (Å²) < 4.78 is 0. The molecule has 0 spiro atoms. The lowest BCUT2D eigenvalue weighted by Gasteiger charge is -2.31. The van der Waals surface area contributed by atoms with Gasteiger partial charge >= 0.3 is 0 Å². The monoisotopic (exact) mass is 517 g/mol. The zero-order valence-corrected chi connectivity index (χ0v) is 21.5. The summed E-state index contributed by atoms with van der Waals surface area (Å²) >= 11 is 1.69. The lowest BCUT2D eigenvalue weighted by molar-refractivity contribution is 0.0930. The second kappa shape index (κ2) is 11.6. The number of likely N-dealkylation sites (tertiary alicyclic amines) is 1. The number of hydrogen-bond acceptors (Lipinski definition) is 10. The van der Waals surface area contributed by atoms with E-state index in [2.05, 4.69) is 36.6 Å². The number of nitriles is 1. The summed E-state index contributed by atoms with van der Waals surface area (Å²) in [5, 5.41) is 16.9. The molecule has 0 aromatic carbocycles. The highest BCUT2D eigenvalue weighted by molar-refractivity contribution is 7.14. The number of nitrogen functional groups attached to an aromatic ring is 1. The van der Waals surface area contributed by atoms with Crippen LogP contribution in [0, 0.1) is 17.2 Å². The predicted octanol–water partition coefficient (Wildman–Crippen LogP) is 2.11. The lowest BCUT2D eigenvalue weighted by atomic mass is 9.96. The third-order valence-corrected chi connectivity index (χ3v) is 7.87. The smallest absolute Gasteiger partial charge is 0.270 e. The van der Waals surface area contributed by atoms with Gasteiger partial charge in [0.05, 0.1) is 11.4 Å². The summed E-state index contributed by atoms with van der Waals surface area (Å²) in [6.45, 7) is 6.48. The van der Waals surface area contributed by atoms with Gasteiger partial charge < -0.3 is 21.3 Å². The van der Waals surface area contributed by atoms with Crippen LogP contribution in [0.4, 0.5) is 11.5 Å². The third kappa shape index (κ3) is 6.05. The van der Waals surface area contributed by atoms with Crippen LogP contribution in [0.3, 0.4) is 0 Å². The topological polar surface area (TPSA) is 136 Å². The Morgan fingerprint density at radius 1 is 1.22 bits per heavy atom. The first-order chi connectivity index (χ1) is 18.1. The first-order valence-corrected chi connectivity index (χ1v) is 13.5. The first kappa shape index (κ1) is 25.1. The zero-order valence-electron chi connectivity index (χ0n) is 20.7. The van der Waals surface area contributed by atoms with Gasteiger partial charge in [-0.2, -0.15) is 5.26 Å². The number of nitrogens with one attached hydrogen (secondary N) is 2. The number of carbonyl (C=O) groups is 1. The minimum absolute atomic E-state index is 0.248. The van der Waals surface area contributed by atoms with Crippen molar-refractivity contribution in [2.24, 2.45) is 5.92 Å². The lowest BCUT2D eigenvalue weighted by Crippen LogP contribution is -2.44. The standard InChI is InChI=1S/C26H31N9OS/c27-14-20-21(28)13-23(33-24(20)35-11-7-29-8-12-35)25(36)31-15-18-4-9-34(10-5-18)17-19-16-32-26(37-19)22-3-1-2-6-30-22/h1-3,6,13,16,18,29H,4-5,7-12,15,17H2,(H2,28,33)(H,31,36). The fourth-order valence-electron chi connectivity index (χ4n) is 4.77. The van der Waals surface area contributed by atoms with Crippen molar-refractivity contribution in [1.29, 1.82) is 5.26 Å². The van der Waals surface area contributed by atoms with Gasteiger partial charge in [-0.25, -0.2) is 9.97 Å². The number of thiazole rings is 1. The van der Waals surface area contributed by atoms with Crippen LogP contribution in [0.25, 0.3) is 10.7 Å². The van der Waals surface area contributed by atoms with E-state index >= 15 is 0 Å². The van der Waals surface area contributed by atoms with Crippen molar-refractivity contribution in [3.8, 4) is 16.8 Å². The van der Waals surface area contributed by atoms with Crippen molar-refractivity contribution >= 4 is 28.7 Å². The average Bonchev–Trinajstić information content (AvgIpc) is 3.41. The molecule has 11 heteroatoms. The maximum Gasteiger partial charge on any atom is 0.270 e.